The summed E-state index contributed by atoms with van der Waals surface area (Å²) >= 11 is 0. The second-order valence-corrected chi connectivity index (χ2v) is 6.29. The molecule has 0 aliphatic carbocycles. The van der Waals surface area contributed by atoms with Gasteiger partial charge in [0.2, 0.25) is 11.8 Å². The number of nitrogens with one attached hydrogen (secondary N) is 1. The Bertz CT molecular complexity index is 540. The van der Waals surface area contributed by atoms with Crippen molar-refractivity contribution in [2.45, 2.75) is 25.7 Å². The predicted octanol–water partition coefficient (Wildman–Crippen LogP) is 1.43. The molecule has 1 fully saturated rings. The Morgan fingerprint density at radius 2 is 1.75 bits per heavy atom. The van der Waals surface area contributed by atoms with Crippen LogP contribution < -0.4 is 5.32 Å². The predicted molar refractivity (Wildman–Crippen MR) is 91.0 cm³/mol. The summed E-state index contributed by atoms with van der Waals surface area (Å²) in [6.45, 7) is 3.29. The number of benzene rings is 1. The molecule has 1 aliphatic rings. The van der Waals surface area contributed by atoms with Crippen LogP contribution in [0.4, 0.5) is 4.39 Å². The normalized spacial score (nSPS) is 15.3. The Morgan fingerprint density at radius 3 is 2.42 bits per heavy atom. The minimum Gasteiger partial charge on any atom is -0.347 e. The number of likely N-dealkylation sites (N-methyl/N-ethyl adjacent to an activating group) is 1. The van der Waals surface area contributed by atoms with E-state index >= 15 is 0 Å². The number of carbonyl (C=O) groups excluding carboxylic acids is 2. The molecule has 24 heavy (non-hydrogen) atoms. The number of hydrogen-bond donors (Lipinski definition) is 1. The minimum absolute atomic E-state index is 0.0113. The van der Waals surface area contributed by atoms with E-state index in [-0.39, 0.29) is 24.2 Å². The van der Waals surface area contributed by atoms with Crippen LogP contribution in [0.15, 0.2) is 24.3 Å². The fraction of sp³-hybridized carbons (Fsp3) is 0.556. The molecule has 0 saturated carbocycles. The number of nitrogens with zero attached hydrogens (tertiary/aromatic N) is 2. The first-order valence-corrected chi connectivity index (χ1v) is 8.52. The van der Waals surface area contributed by atoms with Crippen LogP contribution in [-0.4, -0.2) is 61.4 Å². The molecule has 2 rings (SSSR count). The third kappa shape index (κ3) is 6.28. The number of amides is 2. The van der Waals surface area contributed by atoms with Crippen molar-refractivity contribution in [1.82, 2.24) is 15.1 Å². The van der Waals surface area contributed by atoms with Crippen LogP contribution in [0.5, 0.6) is 0 Å². The molecule has 2 amide bonds. The van der Waals surface area contributed by atoms with Gasteiger partial charge in [0.15, 0.2) is 0 Å². The molecule has 0 bridgehead atoms. The van der Waals surface area contributed by atoms with Gasteiger partial charge in [0.1, 0.15) is 5.82 Å². The van der Waals surface area contributed by atoms with Crippen LogP contribution >= 0.6 is 0 Å². The van der Waals surface area contributed by atoms with Crippen LogP contribution in [0.1, 0.15) is 24.8 Å². The van der Waals surface area contributed by atoms with Gasteiger partial charge in [0.25, 0.3) is 0 Å². The van der Waals surface area contributed by atoms with Crippen molar-refractivity contribution in [3.8, 4) is 0 Å². The van der Waals surface area contributed by atoms with Gasteiger partial charge in [-0.2, -0.15) is 0 Å². The Hall–Kier alpha value is -1.95. The molecule has 1 N–H and O–H groups in total. The highest BCUT2D eigenvalue weighted by Gasteiger charge is 2.19. The smallest absolute Gasteiger partial charge is 0.242 e. The zero-order chi connectivity index (χ0) is 17.4. The largest absolute Gasteiger partial charge is 0.347 e. The monoisotopic (exact) mass is 335 g/mol. The Balaban J connectivity index is 1.56. The summed E-state index contributed by atoms with van der Waals surface area (Å²) in [5.41, 5.74) is 1.07. The number of aryl methyl sites for hydroxylation is 1. The van der Waals surface area contributed by atoms with Gasteiger partial charge in [-0.25, -0.2) is 4.39 Å². The molecule has 1 saturated heterocycles. The molecule has 0 radical (unpaired) electrons. The topological polar surface area (TPSA) is 52.6 Å². The van der Waals surface area contributed by atoms with E-state index in [2.05, 4.69) is 10.2 Å². The molecule has 5 nitrogen and oxygen atoms in total. The summed E-state index contributed by atoms with van der Waals surface area (Å²) < 4.78 is 12.8. The van der Waals surface area contributed by atoms with Crippen molar-refractivity contribution in [2.75, 3.05) is 39.8 Å². The van der Waals surface area contributed by atoms with Crippen LogP contribution in [0.2, 0.25) is 0 Å². The molecule has 0 spiro atoms. The number of carbonyl (C=O) groups is 2. The van der Waals surface area contributed by atoms with E-state index in [0.29, 0.717) is 6.42 Å². The van der Waals surface area contributed by atoms with Gasteiger partial charge >= 0.3 is 0 Å². The molecule has 0 atom stereocenters. The van der Waals surface area contributed by atoms with Crippen molar-refractivity contribution in [1.29, 1.82) is 0 Å². The lowest BCUT2D eigenvalue weighted by Gasteiger charge is -2.32. The lowest BCUT2D eigenvalue weighted by Crippen LogP contribution is -2.50. The number of piperazine rings is 1. The van der Waals surface area contributed by atoms with Crippen molar-refractivity contribution in [3.05, 3.63) is 35.6 Å². The van der Waals surface area contributed by atoms with Crippen molar-refractivity contribution >= 4 is 11.8 Å². The van der Waals surface area contributed by atoms with Crippen LogP contribution in [-0.2, 0) is 16.0 Å². The third-order valence-electron chi connectivity index (χ3n) is 4.33. The first-order chi connectivity index (χ1) is 11.5. The molecule has 1 aliphatic heterocycles. The molecule has 6 heteroatoms. The highest BCUT2D eigenvalue weighted by molar-refractivity contribution is 5.84. The van der Waals surface area contributed by atoms with Gasteiger partial charge in [0, 0.05) is 32.6 Å². The standard InChI is InChI=1S/C18H26FN3O2/c1-21-10-12-22(13-11-21)18(24)14-20-17(23)5-3-2-4-15-6-8-16(19)9-7-15/h6-9H,2-5,10-14H2,1H3,(H,20,23). The van der Waals surface area contributed by atoms with Gasteiger partial charge in [-0.05, 0) is 44.0 Å². The molecular formula is C18H26FN3O2. The second-order valence-electron chi connectivity index (χ2n) is 6.29. The maximum absolute atomic E-state index is 12.8. The number of halogens is 1. The van der Waals surface area contributed by atoms with Crippen molar-refractivity contribution in [2.24, 2.45) is 0 Å². The summed E-state index contributed by atoms with van der Waals surface area (Å²) in [4.78, 5) is 27.8. The van der Waals surface area contributed by atoms with Crippen LogP contribution in [0.3, 0.4) is 0 Å². The van der Waals surface area contributed by atoms with E-state index in [1.807, 2.05) is 7.05 Å². The first-order valence-electron chi connectivity index (χ1n) is 8.52. The zero-order valence-electron chi connectivity index (χ0n) is 14.3. The van der Waals surface area contributed by atoms with E-state index < -0.39 is 0 Å². The van der Waals surface area contributed by atoms with E-state index in [4.69, 9.17) is 0 Å². The second kappa shape index (κ2) is 9.37. The third-order valence-corrected chi connectivity index (χ3v) is 4.33. The van der Waals surface area contributed by atoms with E-state index in [1.54, 1.807) is 17.0 Å². The molecule has 0 aromatic heterocycles. The average molecular weight is 335 g/mol. The van der Waals surface area contributed by atoms with Gasteiger partial charge in [-0.3, -0.25) is 9.59 Å². The quantitative estimate of drug-likeness (QED) is 0.767. The maximum Gasteiger partial charge on any atom is 0.242 e. The number of hydrogen-bond acceptors (Lipinski definition) is 3. The van der Waals surface area contributed by atoms with Gasteiger partial charge in [-0.15, -0.1) is 0 Å². The van der Waals surface area contributed by atoms with Gasteiger partial charge in [0.05, 0.1) is 6.54 Å². The summed E-state index contributed by atoms with van der Waals surface area (Å²) in [5.74, 6) is -0.331. The highest BCUT2D eigenvalue weighted by atomic mass is 19.1. The van der Waals surface area contributed by atoms with E-state index in [1.165, 1.54) is 12.1 Å². The number of rotatable bonds is 7. The summed E-state index contributed by atoms with van der Waals surface area (Å²) in [6.07, 6.45) is 2.86. The van der Waals surface area contributed by atoms with Gasteiger partial charge in [-0.1, -0.05) is 12.1 Å². The van der Waals surface area contributed by atoms with Crippen molar-refractivity contribution in [3.63, 3.8) is 0 Å². The summed E-state index contributed by atoms with van der Waals surface area (Å²) in [7, 11) is 2.04. The lowest BCUT2D eigenvalue weighted by molar-refractivity contribution is -0.134. The highest BCUT2D eigenvalue weighted by Crippen LogP contribution is 2.08. The zero-order valence-corrected chi connectivity index (χ0v) is 14.3. The minimum atomic E-state index is -0.233. The Kier molecular flexibility index (Phi) is 7.18. The van der Waals surface area contributed by atoms with Crippen LogP contribution in [0.25, 0.3) is 0 Å². The molecule has 0 unspecified atom stereocenters. The Morgan fingerprint density at radius 1 is 1.08 bits per heavy atom. The van der Waals surface area contributed by atoms with E-state index in [9.17, 15) is 14.0 Å². The fourth-order valence-electron chi connectivity index (χ4n) is 2.70. The summed E-state index contributed by atoms with van der Waals surface area (Å²) in [5, 5.41) is 2.70. The summed E-state index contributed by atoms with van der Waals surface area (Å²) in [6, 6.07) is 6.44. The fourth-order valence-corrected chi connectivity index (χ4v) is 2.70. The van der Waals surface area contributed by atoms with E-state index in [0.717, 1.165) is 51.0 Å². The molecule has 1 heterocycles. The maximum atomic E-state index is 12.8. The van der Waals surface area contributed by atoms with Crippen LogP contribution in [0, 0.1) is 5.82 Å². The first kappa shape index (κ1) is 18.4. The van der Waals surface area contributed by atoms with Gasteiger partial charge < -0.3 is 15.1 Å². The molecule has 132 valence electrons. The number of unbranched alkanes of at least 4 members (excludes halogenated alkanes) is 1. The Labute approximate surface area is 142 Å². The van der Waals surface area contributed by atoms with Crippen molar-refractivity contribution < 1.29 is 14.0 Å². The molecular weight excluding hydrogens is 309 g/mol. The average Bonchev–Trinajstić information content (AvgIpc) is 2.59. The molecule has 1 aromatic rings. The lowest BCUT2D eigenvalue weighted by atomic mass is 10.1. The SMILES string of the molecule is CN1CCN(C(=O)CNC(=O)CCCCc2ccc(F)cc2)CC1. The molecule has 1 aromatic carbocycles.